The van der Waals surface area contributed by atoms with Crippen LogP contribution in [-0.2, 0) is 10.2 Å². The van der Waals surface area contributed by atoms with E-state index in [9.17, 15) is 12.3 Å². The Hall–Kier alpha value is -0.820. The Kier molecular flexibility index (Phi) is 2.59. The number of hydrogen-bond donors (Lipinski definition) is 0. The van der Waals surface area contributed by atoms with Crippen LogP contribution in [0, 0.1) is 0 Å². The van der Waals surface area contributed by atoms with Crippen LogP contribution in [0.4, 0.5) is 3.89 Å². The first-order valence-corrected chi connectivity index (χ1v) is 6.20. The van der Waals surface area contributed by atoms with Gasteiger partial charge in [0, 0.05) is 6.07 Å². The van der Waals surface area contributed by atoms with E-state index >= 15 is 0 Å². The van der Waals surface area contributed by atoms with Gasteiger partial charge in [0.05, 0.1) is 4.47 Å². The van der Waals surface area contributed by atoms with Gasteiger partial charge in [0.1, 0.15) is 18.1 Å². The van der Waals surface area contributed by atoms with E-state index in [4.69, 9.17) is 9.47 Å². The van der Waals surface area contributed by atoms with Crippen LogP contribution >= 0.6 is 15.9 Å². The topological polar surface area (TPSA) is 52.6 Å². The fourth-order valence-electron chi connectivity index (χ4n) is 1.23. The number of hydrogen-bond acceptors (Lipinski definition) is 4. The summed E-state index contributed by atoms with van der Waals surface area (Å²) in [5.74, 6) is 0.625. The molecule has 0 amide bonds. The van der Waals surface area contributed by atoms with E-state index in [1.165, 1.54) is 0 Å². The summed E-state index contributed by atoms with van der Waals surface area (Å²) in [7, 11) is -4.72. The minimum atomic E-state index is -4.72. The molecule has 0 aliphatic carbocycles. The molecule has 1 aliphatic heterocycles. The molecule has 0 atom stereocenters. The van der Waals surface area contributed by atoms with Gasteiger partial charge in [-0.3, -0.25) is 0 Å². The third-order valence-corrected chi connectivity index (χ3v) is 3.24. The fourth-order valence-corrected chi connectivity index (χ4v) is 2.44. The van der Waals surface area contributed by atoms with Crippen LogP contribution < -0.4 is 9.47 Å². The molecule has 0 radical (unpaired) electrons. The molecule has 7 heteroatoms. The average molecular weight is 297 g/mol. The lowest BCUT2D eigenvalue weighted by molar-refractivity contribution is 0.170. The number of benzene rings is 1. The number of rotatable bonds is 1. The minimum absolute atomic E-state index is 0.229. The van der Waals surface area contributed by atoms with Gasteiger partial charge in [0.15, 0.2) is 11.5 Å². The predicted molar refractivity (Wildman–Crippen MR) is 53.4 cm³/mol. The van der Waals surface area contributed by atoms with Crippen LogP contribution in [0.15, 0.2) is 21.5 Å². The van der Waals surface area contributed by atoms with Crippen LogP contribution in [0.5, 0.6) is 11.5 Å². The maximum atomic E-state index is 12.7. The first kappa shape index (κ1) is 10.7. The van der Waals surface area contributed by atoms with Gasteiger partial charge in [-0.2, -0.15) is 8.42 Å². The van der Waals surface area contributed by atoms with Crippen molar-refractivity contribution in [3.63, 3.8) is 0 Å². The molecule has 0 unspecified atom stereocenters. The van der Waals surface area contributed by atoms with E-state index in [1.54, 1.807) is 0 Å². The second-order valence-corrected chi connectivity index (χ2v) is 5.07. The van der Waals surface area contributed by atoms with Gasteiger partial charge in [-0.05, 0) is 22.0 Å². The van der Waals surface area contributed by atoms with Crippen LogP contribution in [0.1, 0.15) is 0 Å². The summed E-state index contributed by atoms with van der Waals surface area (Å²) in [6, 6.07) is 2.25. The second-order valence-electron chi connectivity index (χ2n) is 2.87. The molecule has 1 heterocycles. The van der Waals surface area contributed by atoms with E-state index in [0.717, 1.165) is 12.1 Å². The van der Waals surface area contributed by atoms with Gasteiger partial charge in [-0.15, -0.1) is 3.89 Å². The highest BCUT2D eigenvalue weighted by molar-refractivity contribution is 9.10. The van der Waals surface area contributed by atoms with Crippen molar-refractivity contribution in [2.75, 3.05) is 13.2 Å². The Balaban J connectivity index is 2.60. The lowest BCUT2D eigenvalue weighted by Gasteiger charge is -2.19. The van der Waals surface area contributed by atoms with Gasteiger partial charge in [-0.25, -0.2) is 0 Å². The summed E-state index contributed by atoms with van der Waals surface area (Å²) in [5.41, 5.74) is 0. The van der Waals surface area contributed by atoms with Gasteiger partial charge >= 0.3 is 10.2 Å². The normalized spacial score (nSPS) is 15.1. The Labute approximate surface area is 94.3 Å². The average Bonchev–Trinajstić information content (AvgIpc) is 2.16. The predicted octanol–water partition coefficient (Wildman–Crippen LogP) is 1.88. The Morgan fingerprint density at radius 3 is 2.60 bits per heavy atom. The van der Waals surface area contributed by atoms with Gasteiger partial charge in [0.25, 0.3) is 0 Å². The van der Waals surface area contributed by atoms with Crippen molar-refractivity contribution in [2.24, 2.45) is 0 Å². The van der Waals surface area contributed by atoms with E-state index < -0.39 is 15.1 Å². The van der Waals surface area contributed by atoms with Crippen molar-refractivity contribution in [3.05, 3.63) is 16.6 Å². The monoisotopic (exact) mass is 296 g/mol. The van der Waals surface area contributed by atoms with Crippen LogP contribution in [-0.4, -0.2) is 21.6 Å². The third kappa shape index (κ3) is 2.07. The Morgan fingerprint density at radius 2 is 1.93 bits per heavy atom. The summed E-state index contributed by atoms with van der Waals surface area (Å²) < 4.78 is 44.8. The molecule has 1 aliphatic rings. The maximum Gasteiger partial charge on any atom is 0.332 e. The first-order valence-electron chi connectivity index (χ1n) is 4.02. The van der Waals surface area contributed by atoms with Crippen LogP contribution in [0.3, 0.4) is 0 Å². The highest BCUT2D eigenvalue weighted by Gasteiger charge is 2.21. The zero-order chi connectivity index (χ0) is 11.1. The van der Waals surface area contributed by atoms with Crippen molar-refractivity contribution in [1.29, 1.82) is 0 Å². The molecule has 0 saturated heterocycles. The van der Waals surface area contributed by atoms with Crippen molar-refractivity contribution in [2.45, 2.75) is 4.90 Å². The third-order valence-electron chi connectivity index (χ3n) is 1.85. The zero-order valence-electron chi connectivity index (χ0n) is 7.37. The van der Waals surface area contributed by atoms with Crippen molar-refractivity contribution >= 4 is 26.2 Å². The first-order chi connectivity index (χ1) is 6.98. The van der Waals surface area contributed by atoms with Gasteiger partial charge in [-0.1, -0.05) is 0 Å². The maximum absolute atomic E-state index is 12.7. The van der Waals surface area contributed by atoms with E-state index in [0.29, 0.717) is 23.4 Å². The van der Waals surface area contributed by atoms with Gasteiger partial charge in [0.2, 0.25) is 0 Å². The lowest BCUT2D eigenvalue weighted by atomic mass is 10.3. The SMILES string of the molecule is O=S(=O)(F)c1cc(Br)c2c(c1)OCCO2. The molecular formula is C8H6BrFO4S. The summed E-state index contributed by atoms with van der Waals surface area (Å²) in [6.07, 6.45) is 0. The largest absolute Gasteiger partial charge is 0.486 e. The Bertz CT molecular complexity index is 500. The second kappa shape index (κ2) is 3.64. The molecule has 0 aromatic heterocycles. The molecule has 0 N–H and O–H groups in total. The minimum Gasteiger partial charge on any atom is -0.486 e. The molecule has 1 aromatic rings. The number of fused-ring (bicyclic) bond motifs is 1. The molecule has 0 spiro atoms. The standard InChI is InChI=1S/C8H6BrFO4S/c9-6-3-5(15(10,11)12)4-7-8(6)14-2-1-13-7/h3-4H,1-2H2. The molecule has 0 saturated carbocycles. The van der Waals surface area contributed by atoms with Crippen LogP contribution in [0.2, 0.25) is 0 Å². The molecular weight excluding hydrogens is 291 g/mol. The summed E-state index contributed by atoms with van der Waals surface area (Å²) >= 11 is 3.09. The van der Waals surface area contributed by atoms with Crippen molar-refractivity contribution < 1.29 is 21.8 Å². The molecule has 82 valence electrons. The smallest absolute Gasteiger partial charge is 0.332 e. The van der Waals surface area contributed by atoms with Gasteiger partial charge < -0.3 is 9.47 Å². The van der Waals surface area contributed by atoms with E-state index in [1.807, 2.05) is 0 Å². The van der Waals surface area contributed by atoms with Crippen molar-refractivity contribution in [1.82, 2.24) is 0 Å². The summed E-state index contributed by atoms with van der Waals surface area (Å²) in [5, 5.41) is 0. The fraction of sp³-hybridized carbons (Fsp3) is 0.250. The van der Waals surface area contributed by atoms with Crippen LogP contribution in [0.25, 0.3) is 0 Å². The molecule has 0 bridgehead atoms. The lowest BCUT2D eigenvalue weighted by Crippen LogP contribution is -2.16. The van der Waals surface area contributed by atoms with Crippen molar-refractivity contribution in [3.8, 4) is 11.5 Å². The highest BCUT2D eigenvalue weighted by Crippen LogP contribution is 2.39. The van der Waals surface area contributed by atoms with E-state index in [2.05, 4.69) is 15.9 Å². The molecule has 2 rings (SSSR count). The molecule has 1 aromatic carbocycles. The summed E-state index contributed by atoms with van der Waals surface area (Å²) in [6.45, 7) is 0.697. The summed E-state index contributed by atoms with van der Waals surface area (Å²) in [4.78, 5) is -0.446. The zero-order valence-corrected chi connectivity index (χ0v) is 9.77. The molecule has 15 heavy (non-hydrogen) atoms. The molecule has 0 fully saturated rings. The quantitative estimate of drug-likeness (QED) is 0.743. The highest BCUT2D eigenvalue weighted by atomic mass is 79.9. The Morgan fingerprint density at radius 1 is 1.27 bits per heavy atom. The number of ether oxygens (including phenoxy) is 2. The van der Waals surface area contributed by atoms with E-state index in [-0.39, 0.29) is 5.75 Å². The number of halogens is 2. The molecule has 4 nitrogen and oxygen atoms in total.